The van der Waals surface area contributed by atoms with Crippen LogP contribution in [0.1, 0.15) is 20.8 Å². The normalized spacial score (nSPS) is 16.4. The maximum absolute atomic E-state index is 11.9. The number of carbonyl (C=O) groups excluding carboxylic acids is 1. The molecule has 0 bridgehead atoms. The molecule has 0 aromatic carbocycles. The summed E-state index contributed by atoms with van der Waals surface area (Å²) < 4.78 is 6.55. The predicted octanol–water partition coefficient (Wildman–Crippen LogP) is 0.804. The van der Waals surface area contributed by atoms with Crippen LogP contribution in [0.4, 0.5) is 4.79 Å². The monoisotopic (exact) mass is 301 g/mol. The lowest BCUT2D eigenvalue weighted by Gasteiger charge is -2.36. The number of carbonyl (C=O) groups is 1. The van der Waals surface area contributed by atoms with E-state index in [1.165, 1.54) is 10.1 Å². The van der Waals surface area contributed by atoms with Crippen molar-refractivity contribution >= 4 is 17.4 Å². The maximum atomic E-state index is 11.9. The molecule has 1 amide bonds. The Hall–Kier alpha value is -1.70. The first-order valence-electron chi connectivity index (χ1n) is 6.40. The van der Waals surface area contributed by atoms with Crippen molar-refractivity contribution < 1.29 is 14.6 Å². The van der Waals surface area contributed by atoms with Crippen LogP contribution in [0.3, 0.4) is 0 Å². The molecule has 1 fully saturated rings. The molecule has 8 heteroatoms. The van der Waals surface area contributed by atoms with Crippen molar-refractivity contribution in [3.8, 4) is 5.88 Å². The summed E-state index contributed by atoms with van der Waals surface area (Å²) in [6.07, 6.45) is -0.348. The van der Waals surface area contributed by atoms with Crippen LogP contribution in [0.2, 0.25) is 0 Å². The highest BCUT2D eigenvalue weighted by Gasteiger charge is 2.27. The van der Waals surface area contributed by atoms with Gasteiger partial charge in [0.25, 0.3) is 0 Å². The van der Waals surface area contributed by atoms with Gasteiger partial charge in [-0.15, -0.1) is 0 Å². The van der Waals surface area contributed by atoms with Crippen molar-refractivity contribution in [3.63, 3.8) is 0 Å². The van der Waals surface area contributed by atoms with Crippen molar-refractivity contribution in [2.45, 2.75) is 26.4 Å². The van der Waals surface area contributed by atoms with Crippen LogP contribution in [0.25, 0.3) is 0 Å². The van der Waals surface area contributed by atoms with E-state index < -0.39 is 5.60 Å². The summed E-state index contributed by atoms with van der Waals surface area (Å²) in [6, 6.07) is 0. The number of rotatable bonds is 1. The van der Waals surface area contributed by atoms with Crippen LogP contribution in [-0.2, 0) is 4.74 Å². The Labute approximate surface area is 121 Å². The average Bonchev–Trinajstić information content (AvgIpc) is 2.67. The van der Waals surface area contributed by atoms with Gasteiger partial charge in [-0.3, -0.25) is 4.79 Å². The fourth-order valence-electron chi connectivity index (χ4n) is 1.96. The van der Waals surface area contributed by atoms with Gasteiger partial charge < -0.3 is 19.8 Å². The van der Waals surface area contributed by atoms with E-state index in [0.717, 1.165) is 11.3 Å². The van der Waals surface area contributed by atoms with Crippen LogP contribution in [-0.4, -0.2) is 52.6 Å². The standard InChI is InChI=1S/C12H19N3O4S/c1-12(2,3)19-10(17)13-4-6-14(7-5-13)15-9(16)8-20-11(15)18/h8,16H,4-7H2,1-3H3. The molecule has 0 aliphatic carbocycles. The van der Waals surface area contributed by atoms with Crippen molar-refractivity contribution in [2.24, 2.45) is 0 Å². The second kappa shape index (κ2) is 5.35. The predicted molar refractivity (Wildman–Crippen MR) is 76.0 cm³/mol. The van der Waals surface area contributed by atoms with Gasteiger partial charge in [0.15, 0.2) is 0 Å². The Kier molecular flexibility index (Phi) is 3.94. The molecule has 1 N–H and O–H groups in total. The molecule has 20 heavy (non-hydrogen) atoms. The van der Waals surface area contributed by atoms with Gasteiger partial charge in [0, 0.05) is 13.1 Å². The zero-order chi connectivity index (χ0) is 14.9. The second-order valence-corrected chi connectivity index (χ2v) is 6.41. The number of aromatic nitrogens is 1. The maximum Gasteiger partial charge on any atom is 0.410 e. The van der Waals surface area contributed by atoms with Crippen LogP contribution >= 0.6 is 11.3 Å². The molecule has 1 aromatic rings. The molecular weight excluding hydrogens is 282 g/mol. The average molecular weight is 301 g/mol. The number of piperazine rings is 1. The van der Waals surface area contributed by atoms with Gasteiger partial charge in [0.1, 0.15) is 5.60 Å². The van der Waals surface area contributed by atoms with Crippen LogP contribution in [0.5, 0.6) is 5.88 Å². The molecule has 0 unspecified atom stereocenters. The van der Waals surface area contributed by atoms with Gasteiger partial charge in [-0.05, 0) is 20.8 Å². The van der Waals surface area contributed by atoms with Gasteiger partial charge in [-0.2, -0.15) is 4.68 Å². The number of aromatic hydroxyl groups is 1. The lowest BCUT2D eigenvalue weighted by Crippen LogP contribution is -2.55. The Morgan fingerprint density at radius 1 is 1.30 bits per heavy atom. The van der Waals surface area contributed by atoms with Crippen molar-refractivity contribution in [3.05, 3.63) is 15.0 Å². The third kappa shape index (κ3) is 3.24. The SMILES string of the molecule is CC(C)(C)OC(=O)N1CCN(n2c(O)csc2=O)CC1. The summed E-state index contributed by atoms with van der Waals surface area (Å²) in [5, 5.41) is 12.8. The number of nitrogens with zero attached hydrogens (tertiary/aromatic N) is 3. The van der Waals surface area contributed by atoms with E-state index in [0.29, 0.717) is 26.2 Å². The number of ether oxygens (including phenoxy) is 1. The zero-order valence-electron chi connectivity index (χ0n) is 11.8. The first-order valence-corrected chi connectivity index (χ1v) is 7.28. The quantitative estimate of drug-likeness (QED) is 0.830. The van der Waals surface area contributed by atoms with E-state index in [9.17, 15) is 14.7 Å². The van der Waals surface area contributed by atoms with Crippen LogP contribution in [0, 0.1) is 0 Å². The third-order valence-corrected chi connectivity index (χ3v) is 3.55. The minimum Gasteiger partial charge on any atom is -0.493 e. The molecule has 1 aliphatic heterocycles. The van der Waals surface area contributed by atoms with Gasteiger partial charge in [-0.1, -0.05) is 11.3 Å². The fourth-order valence-corrected chi connectivity index (χ4v) is 2.58. The van der Waals surface area contributed by atoms with E-state index in [1.807, 2.05) is 20.8 Å². The fraction of sp³-hybridized carbons (Fsp3) is 0.667. The van der Waals surface area contributed by atoms with E-state index >= 15 is 0 Å². The summed E-state index contributed by atoms with van der Waals surface area (Å²) in [5.41, 5.74) is -0.517. The molecule has 0 atom stereocenters. The van der Waals surface area contributed by atoms with Crippen molar-refractivity contribution in [1.29, 1.82) is 0 Å². The Bertz CT molecular complexity index is 538. The summed E-state index contributed by atoms with van der Waals surface area (Å²) in [5.74, 6) is -0.0641. The van der Waals surface area contributed by atoms with E-state index in [2.05, 4.69) is 0 Å². The lowest BCUT2D eigenvalue weighted by atomic mass is 10.2. The Balaban J connectivity index is 1.96. The van der Waals surface area contributed by atoms with E-state index in [-0.39, 0.29) is 16.8 Å². The summed E-state index contributed by atoms with van der Waals surface area (Å²) >= 11 is 0.950. The Morgan fingerprint density at radius 3 is 2.35 bits per heavy atom. The molecule has 0 spiro atoms. The topological polar surface area (TPSA) is 75.0 Å². The molecule has 0 radical (unpaired) electrons. The molecule has 2 heterocycles. The van der Waals surface area contributed by atoms with Gasteiger partial charge in [0.2, 0.25) is 5.88 Å². The summed E-state index contributed by atoms with van der Waals surface area (Å²) in [6.45, 7) is 7.33. The van der Waals surface area contributed by atoms with E-state index in [4.69, 9.17) is 4.74 Å². The van der Waals surface area contributed by atoms with Gasteiger partial charge in [0.05, 0.1) is 18.5 Å². The lowest BCUT2D eigenvalue weighted by molar-refractivity contribution is 0.0231. The first kappa shape index (κ1) is 14.7. The largest absolute Gasteiger partial charge is 0.493 e. The summed E-state index contributed by atoms with van der Waals surface area (Å²) in [4.78, 5) is 24.9. The summed E-state index contributed by atoms with van der Waals surface area (Å²) in [7, 11) is 0. The van der Waals surface area contributed by atoms with Crippen molar-refractivity contribution in [2.75, 3.05) is 31.2 Å². The van der Waals surface area contributed by atoms with E-state index in [1.54, 1.807) is 9.91 Å². The number of amides is 1. The molecule has 1 aliphatic rings. The minimum atomic E-state index is -0.517. The van der Waals surface area contributed by atoms with Gasteiger partial charge in [-0.25, -0.2) is 4.79 Å². The number of hydrogen-bond acceptors (Lipinski definition) is 6. The Morgan fingerprint density at radius 2 is 1.90 bits per heavy atom. The molecule has 7 nitrogen and oxygen atoms in total. The third-order valence-electron chi connectivity index (χ3n) is 2.85. The second-order valence-electron chi connectivity index (χ2n) is 5.59. The number of thiazole rings is 1. The molecule has 112 valence electrons. The smallest absolute Gasteiger partial charge is 0.410 e. The molecule has 1 saturated heterocycles. The highest BCUT2D eigenvalue weighted by molar-refractivity contribution is 7.07. The molecular formula is C12H19N3O4S. The molecule has 1 aromatic heterocycles. The highest BCUT2D eigenvalue weighted by Crippen LogP contribution is 2.14. The van der Waals surface area contributed by atoms with Gasteiger partial charge >= 0.3 is 11.0 Å². The minimum absolute atomic E-state index is 0.0641. The van der Waals surface area contributed by atoms with Crippen LogP contribution < -0.4 is 9.88 Å². The zero-order valence-corrected chi connectivity index (χ0v) is 12.6. The molecule has 2 rings (SSSR count). The number of hydrogen-bond donors (Lipinski definition) is 1. The highest BCUT2D eigenvalue weighted by atomic mass is 32.1. The first-order chi connectivity index (χ1) is 9.28. The van der Waals surface area contributed by atoms with Crippen molar-refractivity contribution in [1.82, 2.24) is 9.58 Å². The molecule has 0 saturated carbocycles. The van der Waals surface area contributed by atoms with Crippen LogP contribution in [0.15, 0.2) is 10.2 Å².